The summed E-state index contributed by atoms with van der Waals surface area (Å²) >= 11 is 0. The molecule has 1 aliphatic heterocycles. The molecule has 1 unspecified atom stereocenters. The van der Waals surface area contributed by atoms with E-state index < -0.39 is 0 Å². The topological polar surface area (TPSA) is 45.2 Å². The highest BCUT2D eigenvalue weighted by molar-refractivity contribution is 5.88. The lowest BCUT2D eigenvalue weighted by molar-refractivity contribution is -0.121. The van der Waals surface area contributed by atoms with Gasteiger partial charge >= 0.3 is 0 Å². The molecule has 3 rings (SSSR count). The Hall–Kier alpha value is -1.26. The zero-order valence-electron chi connectivity index (χ0n) is 11.3. The zero-order chi connectivity index (χ0) is 13.1. The predicted octanol–water partition coefficient (Wildman–Crippen LogP) is 0.976. The fraction of sp³-hybridized carbons (Fsp3) is 0.600. The maximum atomic E-state index is 12.5. The molecule has 1 N–H and O–H groups in total. The van der Waals surface area contributed by atoms with Gasteiger partial charge in [-0.05, 0) is 44.0 Å². The minimum absolute atomic E-state index is 0.0346. The van der Waals surface area contributed by atoms with E-state index in [9.17, 15) is 4.79 Å². The summed E-state index contributed by atoms with van der Waals surface area (Å²) in [5.74, 6) is 0.381. The highest BCUT2D eigenvalue weighted by atomic mass is 16.1. The van der Waals surface area contributed by atoms with Crippen molar-refractivity contribution in [3.05, 3.63) is 29.6 Å². The second-order valence-electron chi connectivity index (χ2n) is 5.49. The Kier molecular flexibility index (Phi) is 3.89. The number of ketones is 1. The third-order valence-electron chi connectivity index (χ3n) is 4.16. The first-order valence-electron chi connectivity index (χ1n) is 7.24. The summed E-state index contributed by atoms with van der Waals surface area (Å²) in [4.78, 5) is 19.2. The highest BCUT2D eigenvalue weighted by Gasteiger charge is 2.30. The van der Waals surface area contributed by atoms with Crippen molar-refractivity contribution in [2.24, 2.45) is 0 Å². The average molecular weight is 259 g/mol. The third-order valence-corrected chi connectivity index (χ3v) is 4.16. The number of carbonyl (C=O) groups is 1. The molecule has 0 spiro atoms. The van der Waals surface area contributed by atoms with Crippen LogP contribution >= 0.6 is 0 Å². The summed E-state index contributed by atoms with van der Waals surface area (Å²) in [6.45, 7) is 4.65. The van der Waals surface area contributed by atoms with Gasteiger partial charge in [0.2, 0.25) is 0 Å². The van der Waals surface area contributed by atoms with E-state index in [1.54, 1.807) is 6.20 Å². The Morgan fingerprint density at radius 1 is 1.42 bits per heavy atom. The third kappa shape index (κ3) is 2.85. The Morgan fingerprint density at radius 2 is 2.37 bits per heavy atom. The molecule has 0 saturated carbocycles. The van der Waals surface area contributed by atoms with E-state index >= 15 is 0 Å². The van der Waals surface area contributed by atoms with E-state index in [1.807, 2.05) is 6.07 Å². The van der Waals surface area contributed by atoms with Gasteiger partial charge in [0, 0.05) is 19.3 Å². The van der Waals surface area contributed by atoms with Crippen LogP contribution in [0.15, 0.2) is 18.3 Å². The first-order valence-corrected chi connectivity index (χ1v) is 7.24. The van der Waals surface area contributed by atoms with Gasteiger partial charge in [-0.1, -0.05) is 6.07 Å². The average Bonchev–Trinajstić information content (AvgIpc) is 2.70. The second kappa shape index (κ2) is 5.80. The van der Waals surface area contributed by atoms with E-state index in [-0.39, 0.29) is 5.92 Å². The Labute approximate surface area is 114 Å². The van der Waals surface area contributed by atoms with Crippen LogP contribution in [-0.4, -0.2) is 48.4 Å². The number of Topliss-reactive ketones (excluding diaryl/α,β-unsaturated/α-hetero) is 1. The monoisotopic (exact) mass is 259 g/mol. The molecule has 4 nitrogen and oxygen atoms in total. The number of aryl methyl sites for hydroxylation is 1. The Bertz CT molecular complexity index is 452. The van der Waals surface area contributed by atoms with E-state index in [0.29, 0.717) is 12.3 Å². The van der Waals surface area contributed by atoms with Crippen LogP contribution in [0.3, 0.4) is 0 Å². The summed E-state index contributed by atoms with van der Waals surface area (Å²) in [5.41, 5.74) is 2.29. The van der Waals surface area contributed by atoms with E-state index in [0.717, 1.165) is 51.1 Å². The van der Waals surface area contributed by atoms with Crippen LogP contribution in [0.25, 0.3) is 0 Å². The largest absolute Gasteiger partial charge is 0.315 e. The molecule has 1 aromatic rings. The number of aromatic nitrogens is 1. The minimum Gasteiger partial charge on any atom is -0.315 e. The van der Waals surface area contributed by atoms with Crippen LogP contribution in [0.4, 0.5) is 0 Å². The molecule has 102 valence electrons. The normalized spacial score (nSPS) is 23.9. The van der Waals surface area contributed by atoms with Gasteiger partial charge in [-0.2, -0.15) is 0 Å². The lowest BCUT2D eigenvalue weighted by Crippen LogP contribution is -2.35. The van der Waals surface area contributed by atoms with Crippen LogP contribution in [0.1, 0.15) is 30.0 Å². The first kappa shape index (κ1) is 12.8. The molecule has 4 heteroatoms. The summed E-state index contributed by atoms with van der Waals surface area (Å²) < 4.78 is 0. The fourth-order valence-corrected chi connectivity index (χ4v) is 3.12. The van der Waals surface area contributed by atoms with Crippen molar-refractivity contribution >= 4 is 5.78 Å². The molecule has 0 aromatic carbocycles. The molecule has 1 aliphatic carbocycles. The van der Waals surface area contributed by atoms with Crippen LogP contribution in [0.2, 0.25) is 0 Å². The predicted molar refractivity (Wildman–Crippen MR) is 74.2 cm³/mol. The minimum atomic E-state index is 0.0346. The molecule has 19 heavy (non-hydrogen) atoms. The molecule has 1 atom stereocenters. The van der Waals surface area contributed by atoms with Crippen molar-refractivity contribution in [2.75, 3.05) is 32.7 Å². The first-order chi connectivity index (χ1) is 9.34. The summed E-state index contributed by atoms with van der Waals surface area (Å²) in [5, 5.41) is 3.37. The lowest BCUT2D eigenvalue weighted by atomic mass is 10.0. The number of hydrogen-bond donors (Lipinski definition) is 1. The van der Waals surface area contributed by atoms with Gasteiger partial charge in [-0.15, -0.1) is 0 Å². The number of carbonyl (C=O) groups excluding carboxylic acids is 1. The summed E-state index contributed by atoms with van der Waals surface area (Å²) in [6, 6.07) is 4.07. The highest BCUT2D eigenvalue weighted by Crippen LogP contribution is 2.31. The van der Waals surface area contributed by atoms with Crippen LogP contribution < -0.4 is 5.32 Å². The van der Waals surface area contributed by atoms with Gasteiger partial charge in [-0.25, -0.2) is 0 Å². The van der Waals surface area contributed by atoms with Crippen LogP contribution in [-0.2, 0) is 11.2 Å². The molecule has 2 heterocycles. The molecule has 2 aliphatic rings. The molecular formula is C15H21N3O. The second-order valence-corrected chi connectivity index (χ2v) is 5.49. The number of fused-ring (bicyclic) bond motifs is 1. The van der Waals surface area contributed by atoms with E-state index in [4.69, 9.17) is 0 Å². The van der Waals surface area contributed by atoms with Crippen molar-refractivity contribution in [3.63, 3.8) is 0 Å². The van der Waals surface area contributed by atoms with Crippen molar-refractivity contribution in [3.8, 4) is 0 Å². The van der Waals surface area contributed by atoms with Gasteiger partial charge in [0.1, 0.15) is 0 Å². The summed E-state index contributed by atoms with van der Waals surface area (Å²) in [7, 11) is 0. The SMILES string of the molecule is O=C(CN1CCCNCC1)C1CCc2cccnc21. The molecule has 1 fully saturated rings. The molecular weight excluding hydrogens is 238 g/mol. The number of hydrogen-bond acceptors (Lipinski definition) is 4. The van der Waals surface area contributed by atoms with Crippen molar-refractivity contribution < 1.29 is 4.79 Å². The Morgan fingerprint density at radius 3 is 3.32 bits per heavy atom. The maximum absolute atomic E-state index is 12.5. The fourth-order valence-electron chi connectivity index (χ4n) is 3.12. The number of nitrogens with one attached hydrogen (secondary N) is 1. The number of pyridine rings is 1. The number of rotatable bonds is 3. The van der Waals surface area contributed by atoms with Gasteiger partial charge in [0.05, 0.1) is 18.2 Å². The zero-order valence-corrected chi connectivity index (χ0v) is 11.3. The van der Waals surface area contributed by atoms with E-state index in [2.05, 4.69) is 21.3 Å². The van der Waals surface area contributed by atoms with Gasteiger partial charge < -0.3 is 5.32 Å². The molecule has 1 saturated heterocycles. The van der Waals surface area contributed by atoms with Gasteiger partial charge in [0.25, 0.3) is 0 Å². The summed E-state index contributed by atoms with van der Waals surface area (Å²) in [6.07, 6.45) is 4.88. The van der Waals surface area contributed by atoms with Crippen LogP contribution in [0, 0.1) is 0 Å². The van der Waals surface area contributed by atoms with Gasteiger partial charge in [-0.3, -0.25) is 14.7 Å². The quantitative estimate of drug-likeness (QED) is 0.879. The van der Waals surface area contributed by atoms with Crippen molar-refractivity contribution in [1.29, 1.82) is 0 Å². The Balaban J connectivity index is 1.65. The molecule has 1 aromatic heterocycles. The molecule has 0 bridgehead atoms. The van der Waals surface area contributed by atoms with Crippen molar-refractivity contribution in [1.82, 2.24) is 15.2 Å². The van der Waals surface area contributed by atoms with Crippen LogP contribution in [0.5, 0.6) is 0 Å². The van der Waals surface area contributed by atoms with E-state index in [1.165, 1.54) is 5.56 Å². The molecule has 0 amide bonds. The standard InChI is InChI=1S/C15H21N3O/c19-14(11-18-9-2-6-16-8-10-18)13-5-4-12-3-1-7-17-15(12)13/h1,3,7,13,16H,2,4-6,8-11H2. The number of nitrogens with zero attached hydrogens (tertiary/aromatic N) is 2. The lowest BCUT2D eigenvalue weighted by Gasteiger charge is -2.20. The van der Waals surface area contributed by atoms with Crippen molar-refractivity contribution in [2.45, 2.75) is 25.2 Å². The molecule has 0 radical (unpaired) electrons. The smallest absolute Gasteiger partial charge is 0.155 e. The van der Waals surface area contributed by atoms with Gasteiger partial charge in [0.15, 0.2) is 5.78 Å². The maximum Gasteiger partial charge on any atom is 0.155 e.